The second-order valence-corrected chi connectivity index (χ2v) is 18.0. The van der Waals surface area contributed by atoms with E-state index >= 15 is 0 Å². The van der Waals surface area contributed by atoms with Crippen LogP contribution >= 0.6 is 0 Å². The fraction of sp³-hybridized carbons (Fsp3) is 0.133. The predicted octanol–water partition coefficient (Wildman–Crippen LogP) is 16.4. The molecule has 1 nitrogen and oxygen atoms in total. The van der Waals surface area contributed by atoms with Crippen LogP contribution in [0.2, 0.25) is 0 Å². The molecular formula is C60H47N. The third-order valence-corrected chi connectivity index (χ3v) is 14.4. The highest BCUT2D eigenvalue weighted by atomic mass is 15.1. The molecule has 9 aromatic carbocycles. The molecule has 0 spiro atoms. The summed E-state index contributed by atoms with van der Waals surface area (Å²) in [5.41, 5.74) is 21.5. The summed E-state index contributed by atoms with van der Waals surface area (Å²) in [6.07, 6.45) is 2.43. The molecule has 292 valence electrons. The summed E-state index contributed by atoms with van der Waals surface area (Å²) in [4.78, 5) is 2.36. The largest absolute Gasteiger partial charge is 0.310 e. The first-order valence-corrected chi connectivity index (χ1v) is 22.0. The third-order valence-electron chi connectivity index (χ3n) is 14.4. The zero-order valence-electron chi connectivity index (χ0n) is 34.7. The fourth-order valence-corrected chi connectivity index (χ4v) is 11.4. The van der Waals surface area contributed by atoms with Gasteiger partial charge in [0.25, 0.3) is 0 Å². The van der Waals surface area contributed by atoms with Crippen LogP contribution in [0.4, 0.5) is 17.1 Å². The van der Waals surface area contributed by atoms with E-state index in [1.165, 1.54) is 90.4 Å². The maximum Gasteiger partial charge on any atom is 0.0468 e. The van der Waals surface area contributed by atoms with Crippen LogP contribution in [0.5, 0.6) is 0 Å². The highest BCUT2D eigenvalue weighted by molar-refractivity contribution is 5.94. The van der Waals surface area contributed by atoms with Crippen LogP contribution in [0.3, 0.4) is 0 Å². The zero-order valence-corrected chi connectivity index (χ0v) is 34.7. The highest BCUT2D eigenvalue weighted by Crippen LogP contribution is 2.62. The average Bonchev–Trinajstić information content (AvgIpc) is 3.86. The molecule has 0 N–H and O–H groups in total. The van der Waals surface area contributed by atoms with E-state index in [4.69, 9.17) is 0 Å². The normalized spacial score (nSPS) is 17.8. The van der Waals surface area contributed by atoms with Gasteiger partial charge >= 0.3 is 0 Å². The Morgan fingerprint density at radius 1 is 0.377 bits per heavy atom. The summed E-state index contributed by atoms with van der Waals surface area (Å²) < 4.78 is 0. The molecule has 3 aliphatic carbocycles. The Kier molecular flexibility index (Phi) is 8.29. The molecule has 1 heteroatoms. The van der Waals surface area contributed by atoms with Crippen molar-refractivity contribution in [1.82, 2.24) is 0 Å². The molecule has 0 bridgehead atoms. The van der Waals surface area contributed by atoms with Crippen LogP contribution in [0, 0.1) is 0 Å². The van der Waals surface area contributed by atoms with E-state index in [2.05, 4.69) is 225 Å². The van der Waals surface area contributed by atoms with Crippen molar-refractivity contribution in [3.63, 3.8) is 0 Å². The number of benzene rings is 9. The monoisotopic (exact) mass is 781 g/mol. The molecule has 3 aliphatic rings. The van der Waals surface area contributed by atoms with Crippen molar-refractivity contribution >= 4 is 27.8 Å². The summed E-state index contributed by atoms with van der Waals surface area (Å²) >= 11 is 0. The molecule has 0 aromatic heterocycles. The van der Waals surface area contributed by atoms with Gasteiger partial charge in [-0.2, -0.15) is 0 Å². The van der Waals surface area contributed by atoms with E-state index in [0.29, 0.717) is 17.8 Å². The Bertz CT molecular complexity index is 3110. The molecule has 1 saturated carbocycles. The summed E-state index contributed by atoms with van der Waals surface area (Å²) in [6.45, 7) is 4.84. The highest BCUT2D eigenvalue weighted by Gasteiger charge is 2.45. The van der Waals surface area contributed by atoms with E-state index in [1.807, 2.05) is 0 Å². The summed E-state index contributed by atoms with van der Waals surface area (Å²) in [7, 11) is 0. The lowest BCUT2D eigenvalue weighted by atomic mass is 9.67. The van der Waals surface area contributed by atoms with Crippen LogP contribution in [-0.2, 0) is 5.41 Å². The number of anilines is 3. The van der Waals surface area contributed by atoms with E-state index in [0.717, 1.165) is 17.1 Å². The number of nitrogens with zero attached hydrogens (tertiary/aromatic N) is 1. The van der Waals surface area contributed by atoms with Crippen molar-refractivity contribution in [2.75, 3.05) is 4.90 Å². The third kappa shape index (κ3) is 5.82. The lowest BCUT2D eigenvalue weighted by molar-refractivity contribution is 0.563. The topological polar surface area (TPSA) is 3.24 Å². The minimum Gasteiger partial charge on any atom is -0.310 e. The van der Waals surface area contributed by atoms with Crippen molar-refractivity contribution in [1.29, 1.82) is 0 Å². The molecule has 9 aromatic rings. The lowest BCUT2D eigenvalue weighted by Gasteiger charge is -2.36. The van der Waals surface area contributed by atoms with Crippen LogP contribution in [0.15, 0.2) is 206 Å². The molecule has 61 heavy (non-hydrogen) atoms. The van der Waals surface area contributed by atoms with Crippen LogP contribution in [0.1, 0.15) is 72.3 Å². The lowest BCUT2D eigenvalue weighted by Crippen LogP contribution is -2.20. The maximum atomic E-state index is 2.64. The Morgan fingerprint density at radius 2 is 0.951 bits per heavy atom. The first-order chi connectivity index (χ1) is 30.0. The van der Waals surface area contributed by atoms with Gasteiger partial charge in [-0.1, -0.05) is 166 Å². The van der Waals surface area contributed by atoms with Crippen molar-refractivity contribution < 1.29 is 0 Å². The molecule has 1 fully saturated rings. The Labute approximate surface area is 359 Å². The van der Waals surface area contributed by atoms with Gasteiger partial charge in [0.05, 0.1) is 0 Å². The molecule has 0 radical (unpaired) electrons. The maximum absolute atomic E-state index is 2.64. The van der Waals surface area contributed by atoms with Gasteiger partial charge in [-0.3, -0.25) is 0 Å². The predicted molar refractivity (Wildman–Crippen MR) is 256 cm³/mol. The van der Waals surface area contributed by atoms with Gasteiger partial charge in [-0.25, -0.2) is 0 Å². The van der Waals surface area contributed by atoms with Crippen molar-refractivity contribution in [3.05, 3.63) is 234 Å². The van der Waals surface area contributed by atoms with Crippen molar-refractivity contribution in [2.45, 2.75) is 49.9 Å². The van der Waals surface area contributed by atoms with Crippen LogP contribution in [-0.4, -0.2) is 0 Å². The van der Waals surface area contributed by atoms with E-state index in [1.54, 1.807) is 5.56 Å². The minimum absolute atomic E-state index is 0.0322. The number of fused-ring (bicyclic) bond motifs is 10. The second-order valence-electron chi connectivity index (χ2n) is 18.0. The van der Waals surface area contributed by atoms with Gasteiger partial charge in [0.2, 0.25) is 0 Å². The summed E-state index contributed by atoms with van der Waals surface area (Å²) in [6, 6.07) is 77.2. The molecule has 0 aliphatic heterocycles. The van der Waals surface area contributed by atoms with Gasteiger partial charge in [0, 0.05) is 22.5 Å². The zero-order chi connectivity index (χ0) is 40.7. The van der Waals surface area contributed by atoms with Crippen LogP contribution < -0.4 is 4.90 Å². The molecule has 3 unspecified atom stereocenters. The van der Waals surface area contributed by atoms with E-state index in [-0.39, 0.29) is 5.41 Å². The molecule has 3 atom stereocenters. The van der Waals surface area contributed by atoms with Crippen molar-refractivity contribution in [2.24, 2.45) is 0 Å². The Hall–Kier alpha value is -6.96. The smallest absolute Gasteiger partial charge is 0.0468 e. The Morgan fingerprint density at radius 3 is 1.75 bits per heavy atom. The fourth-order valence-electron chi connectivity index (χ4n) is 11.4. The minimum atomic E-state index is -0.0322. The standard InChI is InChI=1S/C60H47N/c1-60(2)57-21-13-12-20-51(57)55-37-54-53-36-45(27-31-50(53)52-33-32-49(41-16-8-4-9-17-41)59(52)56(54)38-58(55)60)42-22-23-44-35-48(30-26-43(44)34-42)61(46-18-10-5-11-19-46)47-28-24-40(25-29-47)39-14-6-3-7-15-39/h3-31,34-38,49,52,59H,32-33H2,1-2H3. The number of para-hydroxylation sites is 1. The molecule has 0 amide bonds. The van der Waals surface area contributed by atoms with E-state index < -0.39 is 0 Å². The number of hydrogen-bond donors (Lipinski definition) is 0. The Balaban J connectivity index is 0.942. The molecule has 12 rings (SSSR count). The van der Waals surface area contributed by atoms with Gasteiger partial charge in [0.1, 0.15) is 0 Å². The first kappa shape index (κ1) is 35.9. The SMILES string of the molecule is CC1(C)c2ccccc2-c2cc3c(cc21)C1C(c2ccccc2)CCC1c1ccc(-c2ccc4cc(N(c5ccccc5)c5ccc(-c6ccccc6)cc5)ccc4c2)cc1-3. The second kappa shape index (κ2) is 14.1. The summed E-state index contributed by atoms with van der Waals surface area (Å²) in [5, 5.41) is 2.47. The van der Waals surface area contributed by atoms with Crippen molar-refractivity contribution in [3.8, 4) is 44.5 Å². The van der Waals surface area contributed by atoms with Gasteiger partial charge in [-0.05, 0) is 168 Å². The quantitative estimate of drug-likeness (QED) is 0.162. The first-order valence-electron chi connectivity index (χ1n) is 22.0. The van der Waals surface area contributed by atoms with Gasteiger partial charge < -0.3 is 4.90 Å². The van der Waals surface area contributed by atoms with Gasteiger partial charge in [0.15, 0.2) is 0 Å². The summed E-state index contributed by atoms with van der Waals surface area (Å²) in [5.74, 6) is 1.48. The number of hydrogen-bond acceptors (Lipinski definition) is 1. The average molecular weight is 782 g/mol. The number of rotatable bonds is 6. The van der Waals surface area contributed by atoms with Gasteiger partial charge in [-0.15, -0.1) is 0 Å². The molecule has 0 heterocycles. The molecule has 0 saturated heterocycles. The van der Waals surface area contributed by atoms with E-state index in [9.17, 15) is 0 Å². The van der Waals surface area contributed by atoms with Crippen LogP contribution in [0.25, 0.3) is 55.3 Å². The molecular weight excluding hydrogens is 735 g/mol.